The molecule has 0 unspecified atom stereocenters. The molecule has 5 rings (SSSR count). The van der Waals surface area contributed by atoms with Crippen molar-refractivity contribution in [2.45, 2.75) is 13.5 Å². The van der Waals surface area contributed by atoms with Crippen LogP contribution in [-0.2, 0) is 16.2 Å². The molecule has 0 aliphatic carbocycles. The van der Waals surface area contributed by atoms with Crippen molar-refractivity contribution in [3.05, 3.63) is 106 Å². The first-order valence-electron chi connectivity index (χ1n) is 11.1. The van der Waals surface area contributed by atoms with Gasteiger partial charge in [-0.25, -0.2) is 0 Å². The zero-order valence-electron chi connectivity index (χ0n) is 19.6. The molecule has 1 aromatic heterocycles. The number of methoxy groups -OCH3 is 1. The van der Waals surface area contributed by atoms with Crippen LogP contribution in [0.3, 0.4) is 0 Å². The summed E-state index contributed by atoms with van der Waals surface area (Å²) in [6.07, 6.45) is 1.63. The van der Waals surface area contributed by atoms with Crippen molar-refractivity contribution >= 4 is 40.6 Å². The number of benzene rings is 3. The molecular weight excluding hydrogens is 499 g/mol. The van der Waals surface area contributed by atoms with Crippen LogP contribution < -0.4 is 9.91 Å². The number of anilines is 1. The molecule has 0 radical (unpaired) electrons. The first-order chi connectivity index (χ1) is 17.4. The van der Waals surface area contributed by atoms with Crippen LogP contribution in [0, 0.1) is 0 Å². The number of hydrogen-bond acceptors (Lipinski definition) is 5. The molecule has 182 valence electrons. The fourth-order valence-corrected chi connectivity index (χ4v) is 4.33. The number of hydrogen-bond donors (Lipinski definition) is 0. The Morgan fingerprint density at radius 1 is 1.00 bits per heavy atom. The van der Waals surface area contributed by atoms with E-state index in [9.17, 15) is 4.79 Å². The molecule has 0 fully saturated rings. The van der Waals surface area contributed by atoms with Crippen LogP contribution in [0.25, 0.3) is 17.0 Å². The van der Waals surface area contributed by atoms with Crippen LogP contribution in [0.2, 0.25) is 10.0 Å². The highest BCUT2D eigenvalue weighted by atomic mass is 35.5. The SMILES string of the molecule is COc1ccc(-c2cc(C3=CN(C(C)=O)N(c4ccc(Cl)cc4Cl)O3)n(Cc3ccccc3)n2)cc1. The normalized spacial score (nSPS) is 12.9. The van der Waals surface area contributed by atoms with Gasteiger partial charge in [0, 0.05) is 17.5 Å². The highest BCUT2D eigenvalue weighted by Gasteiger charge is 2.32. The van der Waals surface area contributed by atoms with Crippen molar-refractivity contribution in [3.8, 4) is 17.0 Å². The Morgan fingerprint density at radius 3 is 2.42 bits per heavy atom. The fourth-order valence-electron chi connectivity index (χ4n) is 3.85. The summed E-state index contributed by atoms with van der Waals surface area (Å²) < 4.78 is 7.14. The maximum Gasteiger partial charge on any atom is 0.244 e. The van der Waals surface area contributed by atoms with E-state index in [0.717, 1.165) is 22.6 Å². The average molecular weight is 521 g/mol. The lowest BCUT2D eigenvalue weighted by Gasteiger charge is -2.26. The van der Waals surface area contributed by atoms with Crippen molar-refractivity contribution in [1.82, 2.24) is 14.8 Å². The van der Waals surface area contributed by atoms with Crippen LogP contribution in [0.4, 0.5) is 5.69 Å². The Kier molecular flexibility index (Phi) is 6.59. The summed E-state index contributed by atoms with van der Waals surface area (Å²) in [5, 5.41) is 8.40. The topological polar surface area (TPSA) is 59.8 Å². The number of nitrogens with zero attached hydrogens (tertiary/aromatic N) is 4. The van der Waals surface area contributed by atoms with E-state index in [4.69, 9.17) is 37.9 Å². The molecule has 1 aliphatic heterocycles. The summed E-state index contributed by atoms with van der Waals surface area (Å²) >= 11 is 12.5. The number of halogens is 2. The van der Waals surface area contributed by atoms with Gasteiger partial charge in [0.05, 0.1) is 30.6 Å². The second-order valence-corrected chi connectivity index (χ2v) is 8.95. The lowest BCUT2D eigenvalue weighted by atomic mass is 10.1. The summed E-state index contributed by atoms with van der Waals surface area (Å²) in [4.78, 5) is 18.7. The Bertz CT molecular complexity index is 1440. The Morgan fingerprint density at radius 2 is 1.75 bits per heavy atom. The predicted octanol–water partition coefficient (Wildman–Crippen LogP) is 6.43. The van der Waals surface area contributed by atoms with Crippen LogP contribution in [0.1, 0.15) is 18.2 Å². The minimum atomic E-state index is -0.250. The van der Waals surface area contributed by atoms with Gasteiger partial charge < -0.3 is 9.57 Å². The molecule has 3 aromatic carbocycles. The maximum atomic E-state index is 12.5. The van der Waals surface area contributed by atoms with Gasteiger partial charge in [0.1, 0.15) is 17.1 Å². The Balaban J connectivity index is 1.56. The highest BCUT2D eigenvalue weighted by Crippen LogP contribution is 2.37. The molecule has 4 aromatic rings. The van der Waals surface area contributed by atoms with Gasteiger partial charge in [0.15, 0.2) is 0 Å². The number of hydrazine groups is 1. The Hall–Kier alpha value is -3.94. The number of aromatic nitrogens is 2. The zero-order valence-corrected chi connectivity index (χ0v) is 21.1. The van der Waals surface area contributed by atoms with Gasteiger partial charge in [-0.1, -0.05) is 53.5 Å². The minimum absolute atomic E-state index is 0.250. The van der Waals surface area contributed by atoms with Crippen LogP contribution in [-0.4, -0.2) is 27.8 Å². The largest absolute Gasteiger partial charge is 0.497 e. The molecule has 7 nitrogen and oxygen atoms in total. The first kappa shape index (κ1) is 23.8. The van der Waals surface area contributed by atoms with E-state index in [2.05, 4.69) is 0 Å². The Labute approximate surface area is 218 Å². The number of carbonyl (C=O) groups is 1. The van der Waals surface area contributed by atoms with Gasteiger partial charge in [0.2, 0.25) is 11.7 Å². The van der Waals surface area contributed by atoms with Crippen LogP contribution in [0.15, 0.2) is 85.1 Å². The third-order valence-corrected chi connectivity index (χ3v) is 6.19. The van der Waals surface area contributed by atoms with Gasteiger partial charge in [0.25, 0.3) is 0 Å². The van der Waals surface area contributed by atoms with Crippen molar-refractivity contribution in [2.24, 2.45) is 0 Å². The molecule has 0 N–H and O–H groups in total. The van der Waals surface area contributed by atoms with Gasteiger partial charge in [-0.2, -0.15) is 10.1 Å². The van der Waals surface area contributed by atoms with E-state index in [1.165, 1.54) is 17.1 Å². The minimum Gasteiger partial charge on any atom is -0.497 e. The van der Waals surface area contributed by atoms with Crippen LogP contribution >= 0.6 is 23.2 Å². The molecule has 36 heavy (non-hydrogen) atoms. The van der Waals surface area contributed by atoms with Gasteiger partial charge in [-0.05, 0) is 54.1 Å². The molecule has 1 aliphatic rings. The molecule has 0 spiro atoms. The zero-order chi connectivity index (χ0) is 25.2. The van der Waals surface area contributed by atoms with Gasteiger partial charge >= 0.3 is 0 Å². The molecule has 0 atom stereocenters. The second-order valence-electron chi connectivity index (χ2n) is 8.10. The number of carbonyl (C=O) groups excluding carboxylic acids is 1. The molecular formula is C27H22Cl2N4O3. The smallest absolute Gasteiger partial charge is 0.244 e. The molecule has 9 heteroatoms. The van der Waals surface area contributed by atoms with Crippen molar-refractivity contribution < 1.29 is 14.4 Å². The van der Waals surface area contributed by atoms with E-state index >= 15 is 0 Å². The summed E-state index contributed by atoms with van der Waals surface area (Å²) in [5.41, 5.74) is 3.92. The molecule has 0 bridgehead atoms. The number of ether oxygens (including phenoxy) is 1. The van der Waals surface area contributed by atoms with Crippen molar-refractivity contribution in [2.75, 3.05) is 12.3 Å². The lowest BCUT2D eigenvalue weighted by molar-refractivity contribution is -0.129. The number of rotatable bonds is 6. The maximum absolute atomic E-state index is 12.5. The second kappa shape index (κ2) is 9.97. The van der Waals surface area contributed by atoms with E-state index < -0.39 is 0 Å². The molecule has 0 saturated carbocycles. The van der Waals surface area contributed by atoms with E-state index in [-0.39, 0.29) is 5.91 Å². The van der Waals surface area contributed by atoms with Gasteiger partial charge in [-0.15, -0.1) is 5.17 Å². The standard InChI is InChI=1S/C27H22Cl2N4O3/c1-18(34)32-17-27(36-33(32)25-13-10-21(28)14-23(25)29)26-15-24(20-8-11-22(35-2)12-9-20)30-31(26)16-19-6-4-3-5-7-19/h3-15,17H,16H2,1-2H3. The quantitative estimate of drug-likeness (QED) is 0.293. The van der Waals surface area contributed by atoms with E-state index in [0.29, 0.717) is 33.7 Å². The summed E-state index contributed by atoms with van der Waals surface area (Å²) in [6.45, 7) is 1.96. The fraction of sp³-hybridized carbons (Fsp3) is 0.111. The summed E-state index contributed by atoms with van der Waals surface area (Å²) in [7, 11) is 1.63. The third kappa shape index (κ3) is 4.76. The van der Waals surface area contributed by atoms with Crippen LogP contribution in [0.5, 0.6) is 5.75 Å². The molecule has 2 heterocycles. The van der Waals surface area contributed by atoms with E-state index in [1.807, 2.05) is 65.3 Å². The monoisotopic (exact) mass is 520 g/mol. The van der Waals surface area contributed by atoms with Crippen molar-refractivity contribution in [3.63, 3.8) is 0 Å². The summed E-state index contributed by atoms with van der Waals surface area (Å²) in [6, 6.07) is 24.6. The third-order valence-electron chi connectivity index (χ3n) is 5.65. The van der Waals surface area contributed by atoms with Crippen molar-refractivity contribution in [1.29, 1.82) is 0 Å². The highest BCUT2D eigenvalue weighted by molar-refractivity contribution is 6.36. The van der Waals surface area contributed by atoms with Gasteiger partial charge in [-0.3, -0.25) is 9.48 Å². The predicted molar refractivity (Wildman–Crippen MR) is 140 cm³/mol. The van der Waals surface area contributed by atoms with E-state index in [1.54, 1.807) is 31.5 Å². The molecule has 1 amide bonds. The first-order valence-corrected chi connectivity index (χ1v) is 11.9. The average Bonchev–Trinajstić information content (AvgIpc) is 3.50. The lowest BCUT2D eigenvalue weighted by Crippen LogP contribution is -2.37. The molecule has 0 saturated heterocycles. The number of amides is 1. The summed E-state index contributed by atoms with van der Waals surface area (Å²) in [5.74, 6) is 0.956.